The third-order valence-electron chi connectivity index (χ3n) is 4.29. The first-order valence-corrected chi connectivity index (χ1v) is 10.3. The Balaban J connectivity index is 2.11. The molecule has 1 aromatic carbocycles. The fourth-order valence-corrected chi connectivity index (χ4v) is 2.63. The van der Waals surface area contributed by atoms with E-state index in [1.54, 1.807) is 12.1 Å². The molecule has 0 spiro atoms. The number of benzene rings is 1. The summed E-state index contributed by atoms with van der Waals surface area (Å²) in [6, 6.07) is 7.21. The summed E-state index contributed by atoms with van der Waals surface area (Å²) in [5.41, 5.74) is 1.48. The van der Waals surface area contributed by atoms with Gasteiger partial charge in [-0.05, 0) is 37.1 Å². The van der Waals surface area contributed by atoms with Crippen molar-refractivity contribution < 1.29 is 19.1 Å². The molecule has 0 unspecified atom stereocenters. The van der Waals surface area contributed by atoms with Gasteiger partial charge in [0.05, 0.1) is 5.56 Å². The Kier molecular flexibility index (Phi) is 12.8. The highest BCUT2D eigenvalue weighted by Gasteiger charge is 2.08. The van der Waals surface area contributed by atoms with Crippen molar-refractivity contribution in [2.24, 2.45) is 0 Å². The van der Waals surface area contributed by atoms with Crippen LogP contribution in [-0.2, 0) is 14.3 Å². The van der Waals surface area contributed by atoms with Gasteiger partial charge >= 0.3 is 11.9 Å². The Morgan fingerprint density at radius 2 is 1.44 bits per heavy atom. The molecule has 5 nitrogen and oxygen atoms in total. The first-order valence-electron chi connectivity index (χ1n) is 10.3. The highest BCUT2D eigenvalue weighted by atomic mass is 16.6. The second-order valence-electron chi connectivity index (χ2n) is 6.73. The minimum atomic E-state index is -0.401. The number of rotatable bonds is 15. The van der Waals surface area contributed by atoms with Crippen molar-refractivity contribution in [2.75, 3.05) is 25.1 Å². The fourth-order valence-electron chi connectivity index (χ4n) is 2.63. The normalized spacial score (nSPS) is 10.4. The predicted molar refractivity (Wildman–Crippen MR) is 109 cm³/mol. The van der Waals surface area contributed by atoms with E-state index in [9.17, 15) is 9.59 Å². The SMILES string of the molecule is CCCCCCCCC(=O)OCCOC(=O)c1ccc(NCCCC)cc1. The van der Waals surface area contributed by atoms with Crippen LogP contribution in [0.2, 0.25) is 0 Å². The van der Waals surface area contributed by atoms with Crippen LogP contribution in [0.3, 0.4) is 0 Å². The van der Waals surface area contributed by atoms with Crippen LogP contribution < -0.4 is 5.32 Å². The molecule has 1 rings (SSSR count). The van der Waals surface area contributed by atoms with Gasteiger partial charge in [-0.1, -0.05) is 52.4 Å². The summed E-state index contributed by atoms with van der Waals surface area (Å²) >= 11 is 0. The number of carbonyl (C=O) groups excluding carboxylic acids is 2. The number of ether oxygens (including phenoxy) is 2. The number of carbonyl (C=O) groups is 2. The van der Waals surface area contributed by atoms with Gasteiger partial charge in [0.25, 0.3) is 0 Å². The van der Waals surface area contributed by atoms with Gasteiger partial charge in [0.15, 0.2) is 0 Å². The lowest BCUT2D eigenvalue weighted by atomic mass is 10.1. The molecule has 0 saturated heterocycles. The summed E-state index contributed by atoms with van der Waals surface area (Å²) < 4.78 is 10.3. The van der Waals surface area contributed by atoms with E-state index in [0.717, 1.165) is 37.9 Å². The van der Waals surface area contributed by atoms with Crippen molar-refractivity contribution in [2.45, 2.75) is 71.6 Å². The highest BCUT2D eigenvalue weighted by Crippen LogP contribution is 2.11. The first-order chi connectivity index (χ1) is 13.2. The molecular weight excluding hydrogens is 342 g/mol. The third-order valence-corrected chi connectivity index (χ3v) is 4.29. The maximum atomic E-state index is 12.0. The number of hydrogen-bond acceptors (Lipinski definition) is 5. The van der Waals surface area contributed by atoms with Crippen LogP contribution in [0.5, 0.6) is 0 Å². The molecule has 5 heteroatoms. The monoisotopic (exact) mass is 377 g/mol. The molecule has 27 heavy (non-hydrogen) atoms. The maximum absolute atomic E-state index is 12.0. The zero-order valence-electron chi connectivity index (χ0n) is 16.9. The van der Waals surface area contributed by atoms with Crippen LogP contribution in [0.25, 0.3) is 0 Å². The molecule has 0 radical (unpaired) electrons. The summed E-state index contributed by atoms with van der Waals surface area (Å²) in [7, 11) is 0. The van der Waals surface area contributed by atoms with E-state index in [-0.39, 0.29) is 19.2 Å². The number of anilines is 1. The summed E-state index contributed by atoms with van der Waals surface area (Å²) in [6.07, 6.45) is 9.50. The molecular formula is C22H35NO4. The number of hydrogen-bond donors (Lipinski definition) is 1. The molecule has 152 valence electrons. The Morgan fingerprint density at radius 3 is 2.15 bits per heavy atom. The van der Waals surface area contributed by atoms with Crippen molar-refractivity contribution in [3.05, 3.63) is 29.8 Å². The molecule has 0 bridgehead atoms. The van der Waals surface area contributed by atoms with Gasteiger partial charge in [-0.15, -0.1) is 0 Å². The molecule has 0 aliphatic carbocycles. The molecule has 0 aromatic heterocycles. The topological polar surface area (TPSA) is 64.6 Å². The number of unbranched alkanes of at least 4 members (excludes halogenated alkanes) is 6. The third kappa shape index (κ3) is 11.3. The van der Waals surface area contributed by atoms with Gasteiger partial charge in [-0.2, -0.15) is 0 Å². The van der Waals surface area contributed by atoms with Crippen LogP contribution >= 0.6 is 0 Å². The van der Waals surface area contributed by atoms with Gasteiger partial charge in [0.1, 0.15) is 13.2 Å². The lowest BCUT2D eigenvalue weighted by Crippen LogP contribution is -2.14. The van der Waals surface area contributed by atoms with E-state index in [2.05, 4.69) is 19.2 Å². The second-order valence-corrected chi connectivity index (χ2v) is 6.73. The van der Waals surface area contributed by atoms with Gasteiger partial charge in [-0.3, -0.25) is 4.79 Å². The Labute approximate surface area is 163 Å². The van der Waals surface area contributed by atoms with Gasteiger partial charge in [0, 0.05) is 18.7 Å². The molecule has 1 N–H and O–H groups in total. The van der Waals surface area contributed by atoms with Crippen molar-refractivity contribution in [3.8, 4) is 0 Å². The van der Waals surface area contributed by atoms with Crippen LogP contribution in [0.15, 0.2) is 24.3 Å². The minimum Gasteiger partial charge on any atom is -0.462 e. The highest BCUT2D eigenvalue weighted by molar-refractivity contribution is 5.89. The summed E-state index contributed by atoms with van der Waals surface area (Å²) in [6.45, 7) is 5.44. The average molecular weight is 378 g/mol. The van der Waals surface area contributed by atoms with Crippen LogP contribution in [0.1, 0.15) is 82.0 Å². The lowest BCUT2D eigenvalue weighted by molar-refractivity contribution is -0.144. The van der Waals surface area contributed by atoms with Gasteiger partial charge in [0.2, 0.25) is 0 Å². The largest absolute Gasteiger partial charge is 0.462 e. The lowest BCUT2D eigenvalue weighted by Gasteiger charge is -2.08. The van der Waals surface area contributed by atoms with Crippen molar-refractivity contribution >= 4 is 17.6 Å². The Morgan fingerprint density at radius 1 is 0.815 bits per heavy atom. The molecule has 1 aromatic rings. The fraction of sp³-hybridized carbons (Fsp3) is 0.636. The summed E-state index contributed by atoms with van der Waals surface area (Å²) in [4.78, 5) is 23.6. The van der Waals surface area contributed by atoms with Crippen LogP contribution in [0, 0.1) is 0 Å². The number of nitrogens with one attached hydrogen (secondary N) is 1. The quantitative estimate of drug-likeness (QED) is 0.330. The molecule has 0 heterocycles. The van der Waals surface area contributed by atoms with Crippen molar-refractivity contribution in [1.82, 2.24) is 0 Å². The summed E-state index contributed by atoms with van der Waals surface area (Å²) in [5, 5.41) is 3.30. The predicted octanol–water partition coefficient (Wildman–Crippen LogP) is 5.35. The standard InChI is InChI=1S/C22H35NO4/c1-3-5-7-8-9-10-11-21(24)26-17-18-27-22(25)19-12-14-20(15-13-19)23-16-6-4-2/h12-15,23H,3-11,16-18H2,1-2H3. The zero-order valence-corrected chi connectivity index (χ0v) is 16.9. The average Bonchev–Trinajstić information content (AvgIpc) is 2.68. The van der Waals surface area contributed by atoms with E-state index in [1.807, 2.05) is 12.1 Å². The molecule has 0 aliphatic heterocycles. The number of esters is 2. The molecule has 0 aliphatic rings. The zero-order chi connectivity index (χ0) is 19.7. The van der Waals surface area contributed by atoms with E-state index in [1.165, 1.54) is 25.7 Å². The van der Waals surface area contributed by atoms with E-state index >= 15 is 0 Å². The summed E-state index contributed by atoms with van der Waals surface area (Å²) in [5.74, 6) is -0.619. The van der Waals surface area contributed by atoms with E-state index in [0.29, 0.717) is 12.0 Å². The second kappa shape index (κ2) is 15.1. The molecule has 0 fully saturated rings. The van der Waals surface area contributed by atoms with E-state index in [4.69, 9.17) is 9.47 Å². The van der Waals surface area contributed by atoms with Crippen LogP contribution in [-0.4, -0.2) is 31.7 Å². The van der Waals surface area contributed by atoms with E-state index < -0.39 is 5.97 Å². The Hall–Kier alpha value is -2.04. The van der Waals surface area contributed by atoms with Crippen molar-refractivity contribution in [1.29, 1.82) is 0 Å². The molecule has 0 atom stereocenters. The Bertz CT molecular complexity index is 528. The van der Waals surface area contributed by atoms with Crippen LogP contribution in [0.4, 0.5) is 5.69 Å². The minimum absolute atomic E-state index is 0.0809. The van der Waals surface area contributed by atoms with Gasteiger partial charge in [-0.25, -0.2) is 4.79 Å². The molecule has 0 saturated carbocycles. The van der Waals surface area contributed by atoms with Gasteiger partial charge < -0.3 is 14.8 Å². The smallest absolute Gasteiger partial charge is 0.338 e. The molecule has 0 amide bonds. The first kappa shape index (κ1) is 23.0. The maximum Gasteiger partial charge on any atom is 0.338 e. The van der Waals surface area contributed by atoms with Crippen molar-refractivity contribution in [3.63, 3.8) is 0 Å².